The molecule has 0 saturated carbocycles. The van der Waals surface area contributed by atoms with Crippen LogP contribution in [0.15, 0.2) is 16.5 Å². The van der Waals surface area contributed by atoms with Crippen LogP contribution in [0.4, 0.5) is 0 Å². The lowest BCUT2D eigenvalue weighted by Gasteiger charge is -1.87. The summed E-state index contributed by atoms with van der Waals surface area (Å²) in [7, 11) is 0. The molecule has 1 aromatic heterocycles. The highest BCUT2D eigenvalue weighted by atomic mass is 16.4. The molecule has 0 fully saturated rings. The molecule has 0 aliphatic heterocycles. The lowest BCUT2D eigenvalue weighted by atomic mass is 10.3. The first-order valence-corrected chi connectivity index (χ1v) is 2.94. The number of aliphatic hydroxyl groups excluding tert-OH is 1. The van der Waals surface area contributed by atoms with Crippen molar-refractivity contribution in [2.24, 2.45) is 0 Å². The molecule has 0 aromatic carbocycles. The van der Waals surface area contributed by atoms with Crippen molar-refractivity contribution >= 4 is 5.78 Å². The maximum absolute atomic E-state index is 10.7. The van der Waals surface area contributed by atoms with Crippen molar-refractivity contribution in [3.8, 4) is 0 Å². The molecule has 1 rings (SSSR count). The monoisotopic (exact) mass is 140 g/mol. The van der Waals surface area contributed by atoms with Gasteiger partial charge in [0, 0.05) is 0 Å². The van der Waals surface area contributed by atoms with E-state index in [0.29, 0.717) is 5.76 Å². The third kappa shape index (κ3) is 1.25. The minimum atomic E-state index is -0.493. The van der Waals surface area contributed by atoms with Crippen molar-refractivity contribution in [2.45, 2.75) is 6.92 Å². The SMILES string of the molecule is Cc1ccc(C(=O)CO)o1. The van der Waals surface area contributed by atoms with Gasteiger partial charge in [0.25, 0.3) is 0 Å². The highest BCUT2D eigenvalue weighted by Crippen LogP contribution is 2.05. The van der Waals surface area contributed by atoms with Crippen molar-refractivity contribution in [3.05, 3.63) is 23.7 Å². The predicted octanol–water partition coefficient (Wildman–Crippen LogP) is 0.763. The van der Waals surface area contributed by atoms with Crippen LogP contribution >= 0.6 is 0 Å². The van der Waals surface area contributed by atoms with Gasteiger partial charge in [0.05, 0.1) is 0 Å². The third-order valence-electron chi connectivity index (χ3n) is 1.16. The molecule has 1 heterocycles. The van der Waals surface area contributed by atoms with Crippen molar-refractivity contribution in [3.63, 3.8) is 0 Å². The number of aryl methyl sites for hydroxylation is 1. The summed E-state index contributed by atoms with van der Waals surface area (Å²) >= 11 is 0. The number of rotatable bonds is 2. The van der Waals surface area contributed by atoms with Crippen LogP contribution in [-0.2, 0) is 0 Å². The average Bonchev–Trinajstić information content (AvgIpc) is 2.34. The van der Waals surface area contributed by atoms with Gasteiger partial charge in [-0.3, -0.25) is 4.79 Å². The summed E-state index contributed by atoms with van der Waals surface area (Å²) in [5, 5.41) is 8.39. The second-order valence-electron chi connectivity index (χ2n) is 1.99. The molecular weight excluding hydrogens is 132 g/mol. The van der Waals surface area contributed by atoms with Crippen molar-refractivity contribution < 1.29 is 14.3 Å². The van der Waals surface area contributed by atoms with Gasteiger partial charge in [-0.2, -0.15) is 0 Å². The maximum atomic E-state index is 10.7. The van der Waals surface area contributed by atoms with Crippen LogP contribution in [0, 0.1) is 6.92 Å². The summed E-state index contributed by atoms with van der Waals surface area (Å²) in [6.45, 7) is 1.25. The number of ketones is 1. The van der Waals surface area contributed by atoms with Gasteiger partial charge in [-0.1, -0.05) is 0 Å². The molecule has 3 heteroatoms. The Bertz CT molecular complexity index is 237. The lowest BCUT2D eigenvalue weighted by Crippen LogP contribution is -2.01. The van der Waals surface area contributed by atoms with Crippen LogP contribution in [0.2, 0.25) is 0 Å². The van der Waals surface area contributed by atoms with Crippen LogP contribution in [-0.4, -0.2) is 17.5 Å². The molecule has 0 spiro atoms. The maximum Gasteiger partial charge on any atom is 0.223 e. The number of aliphatic hydroxyl groups is 1. The predicted molar refractivity (Wildman–Crippen MR) is 34.9 cm³/mol. The van der Waals surface area contributed by atoms with Gasteiger partial charge in [0.2, 0.25) is 5.78 Å². The van der Waals surface area contributed by atoms with E-state index in [1.54, 1.807) is 19.1 Å². The Labute approximate surface area is 58.3 Å². The van der Waals surface area contributed by atoms with Gasteiger partial charge < -0.3 is 9.52 Å². The zero-order valence-electron chi connectivity index (χ0n) is 5.63. The first-order chi connectivity index (χ1) is 4.74. The van der Waals surface area contributed by atoms with E-state index in [4.69, 9.17) is 9.52 Å². The van der Waals surface area contributed by atoms with Crippen LogP contribution in [0.25, 0.3) is 0 Å². The minimum Gasteiger partial charge on any atom is -0.458 e. The van der Waals surface area contributed by atoms with Gasteiger partial charge in [-0.05, 0) is 19.1 Å². The van der Waals surface area contributed by atoms with Crippen LogP contribution < -0.4 is 0 Å². The van der Waals surface area contributed by atoms with Gasteiger partial charge >= 0.3 is 0 Å². The van der Waals surface area contributed by atoms with Crippen molar-refractivity contribution in [1.29, 1.82) is 0 Å². The smallest absolute Gasteiger partial charge is 0.223 e. The first kappa shape index (κ1) is 7.02. The molecular formula is C7H8O3. The highest BCUT2D eigenvalue weighted by molar-refractivity contribution is 5.94. The molecule has 0 unspecified atom stereocenters. The molecule has 10 heavy (non-hydrogen) atoms. The molecule has 0 aliphatic carbocycles. The van der Waals surface area contributed by atoms with Crippen molar-refractivity contribution in [2.75, 3.05) is 6.61 Å². The summed E-state index contributed by atoms with van der Waals surface area (Å²) in [5.74, 6) is 0.518. The third-order valence-corrected chi connectivity index (χ3v) is 1.16. The second kappa shape index (κ2) is 2.66. The van der Waals surface area contributed by atoms with Gasteiger partial charge in [-0.25, -0.2) is 0 Å². The highest BCUT2D eigenvalue weighted by Gasteiger charge is 2.06. The zero-order chi connectivity index (χ0) is 7.56. The fourth-order valence-corrected chi connectivity index (χ4v) is 0.662. The molecule has 1 aromatic rings. The van der Waals surface area contributed by atoms with Crippen LogP contribution in [0.3, 0.4) is 0 Å². The topological polar surface area (TPSA) is 50.4 Å². The molecule has 0 amide bonds. The molecule has 1 N–H and O–H groups in total. The van der Waals surface area contributed by atoms with Crippen molar-refractivity contribution in [1.82, 2.24) is 0 Å². The quantitative estimate of drug-likeness (QED) is 0.617. The molecule has 0 atom stereocenters. The number of hydrogen-bond donors (Lipinski definition) is 1. The molecule has 0 bridgehead atoms. The molecule has 3 nitrogen and oxygen atoms in total. The minimum absolute atomic E-state index is 0.222. The van der Waals surface area contributed by atoms with E-state index in [9.17, 15) is 4.79 Å². The average molecular weight is 140 g/mol. The van der Waals surface area contributed by atoms with E-state index in [1.807, 2.05) is 0 Å². The molecule has 0 radical (unpaired) electrons. The normalized spacial score (nSPS) is 9.80. The Hall–Kier alpha value is -1.09. The Morgan fingerprint density at radius 1 is 1.70 bits per heavy atom. The first-order valence-electron chi connectivity index (χ1n) is 2.94. The molecule has 54 valence electrons. The summed E-state index contributed by atoms with van der Waals surface area (Å²) in [5.41, 5.74) is 0. The number of Topliss-reactive ketones (excluding diaryl/α,β-unsaturated/α-hetero) is 1. The van der Waals surface area contributed by atoms with Crippen LogP contribution in [0.1, 0.15) is 16.3 Å². The second-order valence-corrected chi connectivity index (χ2v) is 1.99. The van der Waals surface area contributed by atoms with Gasteiger partial charge in [0.1, 0.15) is 12.4 Å². The van der Waals surface area contributed by atoms with E-state index in [1.165, 1.54) is 0 Å². The standard InChI is InChI=1S/C7H8O3/c1-5-2-3-7(10-5)6(9)4-8/h2-3,8H,4H2,1H3. The van der Waals surface area contributed by atoms with E-state index >= 15 is 0 Å². The van der Waals surface area contributed by atoms with Gasteiger partial charge in [-0.15, -0.1) is 0 Å². The zero-order valence-corrected chi connectivity index (χ0v) is 5.63. The molecule has 0 aliphatic rings. The van der Waals surface area contributed by atoms with E-state index < -0.39 is 6.61 Å². The Kier molecular flexibility index (Phi) is 1.87. The van der Waals surface area contributed by atoms with Crippen LogP contribution in [0.5, 0.6) is 0 Å². The Balaban J connectivity index is 2.85. The number of carbonyl (C=O) groups excluding carboxylic acids is 1. The van der Waals surface area contributed by atoms with E-state index in [0.717, 1.165) is 0 Å². The number of furan rings is 1. The van der Waals surface area contributed by atoms with E-state index in [2.05, 4.69) is 0 Å². The lowest BCUT2D eigenvalue weighted by molar-refractivity contribution is 0.0874. The Morgan fingerprint density at radius 2 is 2.40 bits per heavy atom. The molecule has 0 saturated heterocycles. The fraction of sp³-hybridized carbons (Fsp3) is 0.286. The summed E-state index contributed by atoms with van der Waals surface area (Å²) in [4.78, 5) is 10.7. The fourth-order valence-electron chi connectivity index (χ4n) is 0.662. The summed E-state index contributed by atoms with van der Waals surface area (Å²) < 4.78 is 4.93. The summed E-state index contributed by atoms with van der Waals surface area (Å²) in [6, 6.07) is 3.23. The largest absolute Gasteiger partial charge is 0.458 e. The Morgan fingerprint density at radius 3 is 2.80 bits per heavy atom. The van der Waals surface area contributed by atoms with Gasteiger partial charge in [0.15, 0.2) is 5.76 Å². The van der Waals surface area contributed by atoms with E-state index in [-0.39, 0.29) is 11.5 Å². The number of hydrogen-bond acceptors (Lipinski definition) is 3. The number of carbonyl (C=O) groups is 1. The summed E-state index contributed by atoms with van der Waals surface area (Å²) in [6.07, 6.45) is 0.